The lowest BCUT2D eigenvalue weighted by Crippen LogP contribution is -2.12. The van der Waals surface area contributed by atoms with Crippen LogP contribution >= 0.6 is 11.5 Å². The summed E-state index contributed by atoms with van der Waals surface area (Å²) in [6.45, 7) is 0. The molecule has 0 unspecified atom stereocenters. The number of aromatic nitrogens is 2. The number of benzene rings is 2. The topological polar surface area (TPSA) is 73.3 Å². The summed E-state index contributed by atoms with van der Waals surface area (Å²) in [6.07, 6.45) is 0. The van der Waals surface area contributed by atoms with E-state index in [0.717, 1.165) is 11.3 Å². The first-order valence-electron chi connectivity index (χ1n) is 7.11. The third-order valence-electron chi connectivity index (χ3n) is 3.41. The minimum atomic E-state index is -0.240. The van der Waals surface area contributed by atoms with E-state index >= 15 is 0 Å². The highest BCUT2D eigenvalue weighted by molar-refractivity contribution is 7.03. The van der Waals surface area contributed by atoms with Gasteiger partial charge >= 0.3 is 0 Å². The van der Waals surface area contributed by atoms with Crippen LogP contribution in [0.3, 0.4) is 0 Å². The fourth-order valence-corrected chi connectivity index (χ4v) is 2.62. The van der Waals surface area contributed by atoms with E-state index < -0.39 is 0 Å². The van der Waals surface area contributed by atoms with Crippen molar-refractivity contribution in [2.75, 3.05) is 19.5 Å². The molecule has 0 atom stereocenters. The van der Waals surface area contributed by atoms with Gasteiger partial charge in [-0.05, 0) is 35.8 Å². The molecule has 1 amide bonds. The number of hydrogen-bond acceptors (Lipinski definition) is 6. The van der Waals surface area contributed by atoms with Crippen molar-refractivity contribution < 1.29 is 14.3 Å². The van der Waals surface area contributed by atoms with Gasteiger partial charge in [-0.3, -0.25) is 4.79 Å². The molecular weight excluding hydrogens is 326 g/mol. The van der Waals surface area contributed by atoms with Gasteiger partial charge in [0.25, 0.3) is 5.91 Å². The molecule has 0 saturated carbocycles. The van der Waals surface area contributed by atoms with Crippen LogP contribution in [0.2, 0.25) is 0 Å². The number of nitrogens with one attached hydrogen (secondary N) is 1. The number of hydrogen-bond donors (Lipinski definition) is 1. The Balaban J connectivity index is 1.77. The maximum Gasteiger partial charge on any atom is 0.255 e. The summed E-state index contributed by atoms with van der Waals surface area (Å²) in [7, 11) is 3.09. The smallest absolute Gasteiger partial charge is 0.255 e. The molecule has 0 aliphatic rings. The third kappa shape index (κ3) is 3.52. The number of ether oxygens (including phenoxy) is 2. The molecule has 6 nitrogen and oxygen atoms in total. The fraction of sp³-hybridized carbons (Fsp3) is 0.118. The van der Waals surface area contributed by atoms with Crippen molar-refractivity contribution in [1.82, 2.24) is 9.59 Å². The number of rotatable bonds is 5. The molecule has 0 spiro atoms. The average molecular weight is 341 g/mol. The summed E-state index contributed by atoms with van der Waals surface area (Å²) in [5, 5.41) is 8.74. The molecule has 0 aliphatic heterocycles. The summed E-state index contributed by atoms with van der Waals surface area (Å²) >= 11 is 1.30. The molecule has 0 saturated heterocycles. The maximum atomic E-state index is 12.4. The minimum absolute atomic E-state index is 0.240. The monoisotopic (exact) mass is 341 g/mol. The standard InChI is InChI=1S/C17H15N3O3S/c1-22-14-7-12(8-15(9-14)23-2)17(21)18-13-5-3-11(4-6-13)16-10-24-20-19-16/h3-10H,1-2H3,(H,18,21). The van der Waals surface area contributed by atoms with Crippen LogP contribution < -0.4 is 14.8 Å². The Kier molecular flexibility index (Phi) is 4.72. The minimum Gasteiger partial charge on any atom is -0.497 e. The fourth-order valence-electron chi connectivity index (χ4n) is 2.16. The maximum absolute atomic E-state index is 12.4. The second kappa shape index (κ2) is 7.10. The first kappa shape index (κ1) is 15.9. The van der Waals surface area contributed by atoms with E-state index in [2.05, 4.69) is 14.9 Å². The van der Waals surface area contributed by atoms with Crippen LogP contribution in [0.1, 0.15) is 10.4 Å². The van der Waals surface area contributed by atoms with Gasteiger partial charge in [0.15, 0.2) is 0 Å². The number of anilines is 1. The summed E-state index contributed by atoms with van der Waals surface area (Å²) in [4.78, 5) is 12.4. The Labute approximate surface area is 143 Å². The summed E-state index contributed by atoms with van der Waals surface area (Å²) in [5.74, 6) is 0.882. The zero-order chi connectivity index (χ0) is 16.9. The van der Waals surface area contributed by atoms with Crippen LogP contribution in [-0.4, -0.2) is 29.7 Å². The van der Waals surface area contributed by atoms with Crippen molar-refractivity contribution in [3.05, 3.63) is 53.4 Å². The Bertz CT molecular complexity index is 811. The summed E-state index contributed by atoms with van der Waals surface area (Å²) in [5.41, 5.74) is 2.91. The first-order valence-corrected chi connectivity index (χ1v) is 7.95. The van der Waals surface area contributed by atoms with Crippen molar-refractivity contribution in [3.63, 3.8) is 0 Å². The van der Waals surface area contributed by atoms with Crippen molar-refractivity contribution in [1.29, 1.82) is 0 Å². The van der Waals surface area contributed by atoms with Crippen LogP contribution in [0.15, 0.2) is 47.8 Å². The van der Waals surface area contributed by atoms with E-state index in [1.807, 2.05) is 29.6 Å². The predicted molar refractivity (Wildman–Crippen MR) is 92.8 cm³/mol. The van der Waals surface area contributed by atoms with E-state index in [9.17, 15) is 4.79 Å². The third-order valence-corrected chi connectivity index (χ3v) is 3.92. The molecule has 0 radical (unpaired) electrons. The van der Waals surface area contributed by atoms with E-state index in [0.29, 0.717) is 22.7 Å². The van der Waals surface area contributed by atoms with Gasteiger partial charge in [0.1, 0.15) is 17.2 Å². The lowest BCUT2D eigenvalue weighted by Gasteiger charge is -2.09. The molecule has 2 aromatic carbocycles. The van der Waals surface area contributed by atoms with Gasteiger partial charge in [-0.1, -0.05) is 16.6 Å². The molecule has 24 heavy (non-hydrogen) atoms. The zero-order valence-corrected chi connectivity index (χ0v) is 14.0. The normalized spacial score (nSPS) is 10.2. The molecule has 3 rings (SSSR count). The number of nitrogens with zero attached hydrogens (tertiary/aromatic N) is 2. The molecule has 1 aromatic heterocycles. The Hall–Kier alpha value is -2.93. The zero-order valence-electron chi connectivity index (χ0n) is 13.1. The van der Waals surface area contributed by atoms with Crippen molar-refractivity contribution in [2.24, 2.45) is 0 Å². The van der Waals surface area contributed by atoms with Crippen LogP contribution in [0.4, 0.5) is 5.69 Å². The Morgan fingerprint density at radius 2 is 1.71 bits per heavy atom. The Morgan fingerprint density at radius 3 is 2.25 bits per heavy atom. The van der Waals surface area contributed by atoms with Gasteiger partial charge in [-0.15, -0.1) is 5.10 Å². The molecule has 0 aliphatic carbocycles. The van der Waals surface area contributed by atoms with E-state index in [1.54, 1.807) is 32.4 Å². The van der Waals surface area contributed by atoms with Crippen LogP contribution in [-0.2, 0) is 0 Å². The second-order valence-electron chi connectivity index (χ2n) is 4.92. The summed E-state index contributed by atoms with van der Waals surface area (Å²) in [6, 6.07) is 12.5. The van der Waals surface area contributed by atoms with Gasteiger partial charge < -0.3 is 14.8 Å². The second-order valence-corrected chi connectivity index (χ2v) is 5.53. The largest absolute Gasteiger partial charge is 0.497 e. The first-order chi connectivity index (χ1) is 11.7. The highest BCUT2D eigenvalue weighted by Crippen LogP contribution is 2.24. The average Bonchev–Trinajstić information content (AvgIpc) is 3.16. The van der Waals surface area contributed by atoms with Crippen molar-refractivity contribution in [2.45, 2.75) is 0 Å². The van der Waals surface area contributed by atoms with Gasteiger partial charge in [0, 0.05) is 28.3 Å². The van der Waals surface area contributed by atoms with E-state index in [1.165, 1.54) is 11.5 Å². The Morgan fingerprint density at radius 1 is 1.04 bits per heavy atom. The number of carbonyl (C=O) groups excluding carboxylic acids is 1. The van der Waals surface area contributed by atoms with Gasteiger partial charge in [-0.2, -0.15) is 0 Å². The molecule has 1 N–H and O–H groups in total. The quantitative estimate of drug-likeness (QED) is 0.769. The lowest BCUT2D eigenvalue weighted by atomic mass is 10.1. The highest BCUT2D eigenvalue weighted by Gasteiger charge is 2.10. The number of carbonyl (C=O) groups is 1. The van der Waals surface area contributed by atoms with E-state index in [-0.39, 0.29) is 5.91 Å². The predicted octanol–water partition coefficient (Wildman–Crippen LogP) is 3.47. The van der Waals surface area contributed by atoms with Crippen molar-refractivity contribution in [3.8, 4) is 22.8 Å². The van der Waals surface area contributed by atoms with Crippen molar-refractivity contribution >= 4 is 23.1 Å². The van der Waals surface area contributed by atoms with Crippen LogP contribution in [0.5, 0.6) is 11.5 Å². The molecule has 1 heterocycles. The summed E-state index contributed by atoms with van der Waals surface area (Å²) < 4.78 is 14.2. The molecule has 3 aromatic rings. The molecular formula is C17H15N3O3S. The number of amides is 1. The SMILES string of the molecule is COc1cc(OC)cc(C(=O)Nc2ccc(-c3csnn3)cc2)c1. The highest BCUT2D eigenvalue weighted by atomic mass is 32.1. The molecule has 0 bridgehead atoms. The number of methoxy groups -OCH3 is 2. The van der Waals surface area contributed by atoms with Crippen LogP contribution in [0, 0.1) is 0 Å². The van der Waals surface area contributed by atoms with Crippen LogP contribution in [0.25, 0.3) is 11.3 Å². The molecule has 122 valence electrons. The van der Waals surface area contributed by atoms with E-state index in [4.69, 9.17) is 9.47 Å². The lowest BCUT2D eigenvalue weighted by molar-refractivity contribution is 0.102. The van der Waals surface area contributed by atoms with Gasteiger partial charge in [-0.25, -0.2) is 0 Å². The molecule has 0 fully saturated rings. The molecule has 7 heteroatoms. The van der Waals surface area contributed by atoms with Gasteiger partial charge in [0.2, 0.25) is 0 Å². The van der Waals surface area contributed by atoms with Gasteiger partial charge in [0.05, 0.1) is 14.2 Å².